The molecule has 5 heteroatoms. The van der Waals surface area contributed by atoms with Gasteiger partial charge in [0.25, 0.3) is 0 Å². The van der Waals surface area contributed by atoms with Crippen molar-refractivity contribution in [1.82, 2.24) is 14.5 Å². The molecule has 4 rings (SSSR count). The molecule has 0 aliphatic heterocycles. The maximum absolute atomic E-state index is 13.4. The second-order valence-electron chi connectivity index (χ2n) is 5.94. The summed E-state index contributed by atoms with van der Waals surface area (Å²) in [6, 6.07) is 19.0. The van der Waals surface area contributed by atoms with Gasteiger partial charge in [-0.2, -0.15) is 0 Å². The fraction of sp³-hybridized carbons (Fsp3) is 0.100. The highest BCUT2D eigenvalue weighted by atomic mass is 19.1. The Morgan fingerprint density at radius 2 is 1.68 bits per heavy atom. The van der Waals surface area contributed by atoms with Crippen LogP contribution < -0.4 is 0 Å². The minimum atomic E-state index is -1.40. The van der Waals surface area contributed by atoms with Crippen molar-refractivity contribution in [2.75, 3.05) is 0 Å². The number of fused-ring (bicyclic) bond motifs is 1. The molecular weight excluding hydrogens is 317 g/mol. The van der Waals surface area contributed by atoms with Crippen LogP contribution in [0, 0.1) is 5.82 Å². The molecule has 0 aliphatic carbocycles. The number of aliphatic hydroxyl groups is 1. The first-order valence-corrected chi connectivity index (χ1v) is 7.97. The predicted molar refractivity (Wildman–Crippen MR) is 93.4 cm³/mol. The van der Waals surface area contributed by atoms with Crippen molar-refractivity contribution in [1.29, 1.82) is 0 Å². The number of para-hydroxylation sites is 2. The van der Waals surface area contributed by atoms with E-state index < -0.39 is 5.60 Å². The Balaban J connectivity index is 1.84. The summed E-state index contributed by atoms with van der Waals surface area (Å²) in [7, 11) is 0. The smallest absolute Gasteiger partial charge is 0.149 e. The van der Waals surface area contributed by atoms with Crippen molar-refractivity contribution < 1.29 is 9.50 Å². The molecule has 0 amide bonds. The summed E-state index contributed by atoms with van der Waals surface area (Å²) in [6.07, 6.45) is 3.33. The van der Waals surface area contributed by atoms with Crippen LogP contribution in [0.25, 0.3) is 11.0 Å². The van der Waals surface area contributed by atoms with Crippen molar-refractivity contribution >= 4 is 11.0 Å². The average Bonchev–Trinajstić information content (AvgIpc) is 3.06. The van der Waals surface area contributed by atoms with Crippen molar-refractivity contribution in [2.45, 2.75) is 12.1 Å². The van der Waals surface area contributed by atoms with Gasteiger partial charge in [-0.05, 0) is 42.0 Å². The average molecular weight is 333 g/mol. The largest absolute Gasteiger partial charge is 0.377 e. The number of benzene rings is 2. The summed E-state index contributed by atoms with van der Waals surface area (Å²) in [4.78, 5) is 8.71. The number of imidazole rings is 1. The second-order valence-corrected chi connectivity index (χ2v) is 5.94. The molecule has 0 saturated carbocycles. The van der Waals surface area contributed by atoms with Gasteiger partial charge in [-0.15, -0.1) is 0 Å². The molecule has 2 heterocycles. The molecule has 124 valence electrons. The van der Waals surface area contributed by atoms with E-state index in [-0.39, 0.29) is 12.4 Å². The molecule has 1 atom stereocenters. The molecule has 0 aliphatic rings. The Hall–Kier alpha value is -3.05. The van der Waals surface area contributed by atoms with Crippen molar-refractivity contribution in [3.05, 3.63) is 96.3 Å². The van der Waals surface area contributed by atoms with Gasteiger partial charge in [0.1, 0.15) is 11.4 Å². The fourth-order valence-electron chi connectivity index (χ4n) is 3.04. The van der Waals surface area contributed by atoms with Gasteiger partial charge in [0.15, 0.2) is 0 Å². The number of pyridine rings is 1. The summed E-state index contributed by atoms with van der Waals surface area (Å²) in [5.41, 5.74) is 1.44. The second kappa shape index (κ2) is 6.11. The zero-order valence-corrected chi connectivity index (χ0v) is 13.4. The highest BCUT2D eigenvalue weighted by Gasteiger charge is 2.34. The zero-order valence-electron chi connectivity index (χ0n) is 13.4. The number of hydrogen-bond acceptors (Lipinski definition) is 3. The van der Waals surface area contributed by atoms with Crippen LogP contribution in [0.2, 0.25) is 0 Å². The van der Waals surface area contributed by atoms with Crippen molar-refractivity contribution in [3.63, 3.8) is 0 Å². The molecule has 1 unspecified atom stereocenters. The van der Waals surface area contributed by atoms with Gasteiger partial charge < -0.3 is 9.67 Å². The van der Waals surface area contributed by atoms with Crippen molar-refractivity contribution in [2.24, 2.45) is 0 Å². The van der Waals surface area contributed by atoms with E-state index in [9.17, 15) is 9.50 Å². The Bertz CT molecular complexity index is 998. The highest BCUT2D eigenvalue weighted by molar-refractivity contribution is 5.75. The Labute approximate surface area is 144 Å². The summed E-state index contributed by atoms with van der Waals surface area (Å²) in [5, 5.41) is 11.5. The summed E-state index contributed by atoms with van der Waals surface area (Å²) < 4.78 is 15.2. The zero-order chi connectivity index (χ0) is 17.3. The van der Waals surface area contributed by atoms with Crippen LogP contribution in [0.1, 0.15) is 11.3 Å². The lowest BCUT2D eigenvalue weighted by atomic mass is 9.89. The van der Waals surface area contributed by atoms with Crippen LogP contribution >= 0.6 is 0 Å². The summed E-state index contributed by atoms with van der Waals surface area (Å²) >= 11 is 0. The van der Waals surface area contributed by atoms with Gasteiger partial charge in [0, 0.05) is 6.20 Å². The van der Waals surface area contributed by atoms with E-state index in [1.807, 2.05) is 34.9 Å². The quantitative estimate of drug-likeness (QED) is 0.622. The lowest BCUT2D eigenvalue weighted by molar-refractivity contribution is 0.0578. The number of halogens is 1. The van der Waals surface area contributed by atoms with Gasteiger partial charge in [0.2, 0.25) is 0 Å². The van der Waals surface area contributed by atoms with Gasteiger partial charge in [-0.3, -0.25) is 4.98 Å². The molecule has 0 fully saturated rings. The normalized spacial score (nSPS) is 13.7. The first-order valence-electron chi connectivity index (χ1n) is 7.97. The topological polar surface area (TPSA) is 50.9 Å². The molecule has 0 spiro atoms. The molecular formula is C20H16FN3O. The Morgan fingerprint density at radius 1 is 0.920 bits per heavy atom. The van der Waals surface area contributed by atoms with E-state index in [2.05, 4.69) is 9.97 Å². The third-order valence-electron chi connectivity index (χ3n) is 4.34. The molecule has 0 bridgehead atoms. The molecule has 4 aromatic rings. The first-order chi connectivity index (χ1) is 12.2. The number of nitrogens with zero attached hydrogens (tertiary/aromatic N) is 3. The number of rotatable bonds is 4. The van der Waals surface area contributed by atoms with Crippen molar-refractivity contribution in [3.8, 4) is 0 Å². The van der Waals surface area contributed by atoms with Gasteiger partial charge in [0.05, 0.1) is 29.6 Å². The van der Waals surface area contributed by atoms with Gasteiger partial charge in [-0.1, -0.05) is 30.3 Å². The molecule has 2 aromatic heterocycles. The number of aromatic nitrogens is 3. The highest BCUT2D eigenvalue weighted by Crippen LogP contribution is 2.31. The monoisotopic (exact) mass is 333 g/mol. The lowest BCUT2D eigenvalue weighted by Gasteiger charge is -2.29. The van der Waals surface area contributed by atoms with E-state index in [0.717, 1.165) is 11.0 Å². The van der Waals surface area contributed by atoms with Crippen LogP contribution in [-0.2, 0) is 12.1 Å². The van der Waals surface area contributed by atoms with E-state index in [1.54, 1.807) is 36.8 Å². The van der Waals surface area contributed by atoms with E-state index >= 15 is 0 Å². The Morgan fingerprint density at radius 3 is 2.44 bits per heavy atom. The summed E-state index contributed by atoms with van der Waals surface area (Å²) in [6.45, 7) is 0.218. The van der Waals surface area contributed by atoms with Crippen LogP contribution in [-0.4, -0.2) is 19.6 Å². The molecule has 2 aromatic carbocycles. The fourth-order valence-corrected chi connectivity index (χ4v) is 3.04. The molecule has 4 nitrogen and oxygen atoms in total. The molecule has 25 heavy (non-hydrogen) atoms. The molecule has 0 saturated heterocycles. The predicted octanol–water partition coefficient (Wildman–Crippen LogP) is 3.51. The first kappa shape index (κ1) is 15.5. The molecule has 0 radical (unpaired) electrons. The summed E-state index contributed by atoms with van der Waals surface area (Å²) in [5.74, 6) is -0.347. The maximum atomic E-state index is 13.4. The third-order valence-corrected chi connectivity index (χ3v) is 4.34. The minimum Gasteiger partial charge on any atom is -0.377 e. The number of hydrogen-bond donors (Lipinski definition) is 1. The lowest BCUT2D eigenvalue weighted by Crippen LogP contribution is -2.33. The van der Waals surface area contributed by atoms with Crippen LogP contribution in [0.4, 0.5) is 4.39 Å². The molecule has 1 N–H and O–H groups in total. The van der Waals surface area contributed by atoms with E-state index in [0.29, 0.717) is 11.3 Å². The minimum absolute atomic E-state index is 0.218. The van der Waals surface area contributed by atoms with E-state index in [4.69, 9.17) is 0 Å². The van der Waals surface area contributed by atoms with Gasteiger partial charge in [-0.25, -0.2) is 9.37 Å². The third kappa shape index (κ3) is 2.79. The van der Waals surface area contributed by atoms with Crippen LogP contribution in [0.3, 0.4) is 0 Å². The van der Waals surface area contributed by atoms with Gasteiger partial charge >= 0.3 is 0 Å². The SMILES string of the molecule is OC(Cn1cnc2ccccc21)(c1ccc(F)cc1)c1ccccn1. The maximum Gasteiger partial charge on any atom is 0.149 e. The standard InChI is InChI=1S/C20H16FN3O/c21-16-10-8-15(9-11-16)20(25,19-7-3-4-12-22-19)13-24-14-23-17-5-1-2-6-18(17)24/h1-12,14,25H,13H2. The van der Waals surface area contributed by atoms with Crippen LogP contribution in [0.5, 0.6) is 0 Å². The van der Waals surface area contributed by atoms with E-state index in [1.165, 1.54) is 12.1 Å². The van der Waals surface area contributed by atoms with Crippen LogP contribution in [0.15, 0.2) is 79.3 Å². The Kier molecular flexibility index (Phi) is 3.78.